The summed E-state index contributed by atoms with van der Waals surface area (Å²) < 4.78 is 14.0. The maximum atomic E-state index is 14.0. The first-order valence-corrected chi connectivity index (χ1v) is 9.09. The van der Waals surface area contributed by atoms with Gasteiger partial charge in [0.05, 0.1) is 0 Å². The van der Waals surface area contributed by atoms with Crippen LogP contribution in [0.2, 0.25) is 0 Å². The summed E-state index contributed by atoms with van der Waals surface area (Å²) in [4.78, 5) is 13.3. The molecule has 2 N–H and O–H groups in total. The third kappa shape index (κ3) is 4.36. The van der Waals surface area contributed by atoms with Gasteiger partial charge in [-0.2, -0.15) is 0 Å². The van der Waals surface area contributed by atoms with E-state index in [4.69, 9.17) is 0 Å². The molecule has 1 amide bonds. The molecule has 1 saturated heterocycles. The van der Waals surface area contributed by atoms with Crippen LogP contribution in [0.5, 0.6) is 0 Å². The topological polar surface area (TPSA) is 41.1 Å². The van der Waals surface area contributed by atoms with Crippen LogP contribution in [-0.4, -0.2) is 25.0 Å². The predicted octanol–water partition coefficient (Wildman–Crippen LogP) is 3.53. The monoisotopic (exact) mass is 344 g/mol. The summed E-state index contributed by atoms with van der Waals surface area (Å²) in [7, 11) is 0. The van der Waals surface area contributed by atoms with E-state index in [9.17, 15) is 9.18 Å². The zero-order valence-electron chi connectivity index (χ0n) is 13.4. The van der Waals surface area contributed by atoms with Crippen LogP contribution >= 0.6 is 11.8 Å². The standard InChI is InChI=1S/C19H21FN2OS/c20-16-10-4-5-11-17(16)24-18(14-7-2-1-3-8-14)19(23)22-15-9-6-12-21-13-15/h1-5,7-8,10-11,15,18,21H,6,9,12-13H2,(H,22,23)/t15-,18?/m0/s1. The summed E-state index contributed by atoms with van der Waals surface area (Å²) >= 11 is 1.26. The highest BCUT2D eigenvalue weighted by Gasteiger charge is 2.25. The highest BCUT2D eigenvalue weighted by molar-refractivity contribution is 8.00. The largest absolute Gasteiger partial charge is 0.351 e. The lowest BCUT2D eigenvalue weighted by Crippen LogP contribution is -2.46. The number of piperidine rings is 1. The summed E-state index contributed by atoms with van der Waals surface area (Å²) in [5.41, 5.74) is 0.882. The van der Waals surface area contributed by atoms with Crippen LogP contribution in [0.15, 0.2) is 59.5 Å². The van der Waals surface area contributed by atoms with E-state index in [0.717, 1.165) is 31.5 Å². The van der Waals surface area contributed by atoms with Crippen LogP contribution in [0.25, 0.3) is 0 Å². The molecule has 5 heteroatoms. The molecule has 1 aliphatic rings. The third-order valence-electron chi connectivity index (χ3n) is 4.07. The molecule has 2 atom stereocenters. The number of hydrogen-bond donors (Lipinski definition) is 2. The molecular weight excluding hydrogens is 323 g/mol. The molecule has 1 heterocycles. The van der Waals surface area contributed by atoms with Crippen molar-refractivity contribution in [2.24, 2.45) is 0 Å². The van der Waals surface area contributed by atoms with Gasteiger partial charge in [0.15, 0.2) is 0 Å². The minimum absolute atomic E-state index is 0.0665. The second-order valence-electron chi connectivity index (χ2n) is 5.89. The molecule has 0 aromatic heterocycles. The fourth-order valence-corrected chi connectivity index (χ4v) is 3.88. The number of rotatable bonds is 5. The van der Waals surface area contributed by atoms with Gasteiger partial charge in [0.25, 0.3) is 0 Å². The Bertz CT molecular complexity index is 674. The Morgan fingerprint density at radius 2 is 1.92 bits per heavy atom. The normalized spacial score (nSPS) is 18.8. The molecule has 24 heavy (non-hydrogen) atoms. The number of carbonyl (C=O) groups is 1. The third-order valence-corrected chi connectivity index (χ3v) is 5.37. The van der Waals surface area contributed by atoms with E-state index < -0.39 is 5.25 Å². The Morgan fingerprint density at radius 3 is 2.62 bits per heavy atom. The van der Waals surface area contributed by atoms with E-state index in [2.05, 4.69) is 10.6 Å². The van der Waals surface area contributed by atoms with Crippen molar-refractivity contribution in [1.82, 2.24) is 10.6 Å². The molecule has 0 spiro atoms. The molecule has 1 aliphatic heterocycles. The first kappa shape index (κ1) is 17.0. The van der Waals surface area contributed by atoms with Crippen molar-refractivity contribution >= 4 is 17.7 Å². The maximum Gasteiger partial charge on any atom is 0.238 e. The van der Waals surface area contributed by atoms with Gasteiger partial charge in [-0.15, -0.1) is 11.8 Å². The van der Waals surface area contributed by atoms with Gasteiger partial charge in [0.1, 0.15) is 11.1 Å². The van der Waals surface area contributed by atoms with Gasteiger partial charge in [-0.3, -0.25) is 4.79 Å². The molecule has 126 valence electrons. The van der Waals surface area contributed by atoms with Crippen LogP contribution in [0.3, 0.4) is 0 Å². The number of amides is 1. The number of benzene rings is 2. The average Bonchev–Trinajstić information content (AvgIpc) is 2.62. The summed E-state index contributed by atoms with van der Waals surface area (Å²) in [5.74, 6) is -0.362. The van der Waals surface area contributed by atoms with Crippen molar-refractivity contribution in [2.75, 3.05) is 13.1 Å². The lowest BCUT2D eigenvalue weighted by molar-refractivity contribution is -0.121. The van der Waals surface area contributed by atoms with E-state index in [1.54, 1.807) is 18.2 Å². The molecule has 0 aliphatic carbocycles. The Morgan fingerprint density at radius 1 is 1.17 bits per heavy atom. The van der Waals surface area contributed by atoms with Gasteiger partial charge in [0.2, 0.25) is 5.91 Å². The van der Waals surface area contributed by atoms with E-state index >= 15 is 0 Å². The quantitative estimate of drug-likeness (QED) is 0.816. The van der Waals surface area contributed by atoms with Crippen molar-refractivity contribution in [3.05, 3.63) is 66.0 Å². The van der Waals surface area contributed by atoms with E-state index in [0.29, 0.717) is 4.90 Å². The van der Waals surface area contributed by atoms with Crippen LogP contribution in [0.1, 0.15) is 23.7 Å². The molecule has 3 rings (SSSR count). The van der Waals surface area contributed by atoms with Crippen LogP contribution < -0.4 is 10.6 Å². The van der Waals surface area contributed by atoms with E-state index in [1.807, 2.05) is 30.3 Å². The maximum absolute atomic E-state index is 14.0. The Kier molecular flexibility index (Phi) is 5.88. The number of halogens is 1. The van der Waals surface area contributed by atoms with Gasteiger partial charge in [0, 0.05) is 17.5 Å². The average molecular weight is 344 g/mol. The molecule has 0 bridgehead atoms. The second-order valence-corrected chi connectivity index (χ2v) is 7.04. The number of carbonyl (C=O) groups excluding carboxylic acids is 1. The van der Waals surface area contributed by atoms with Crippen molar-refractivity contribution in [3.8, 4) is 0 Å². The molecule has 2 aromatic rings. The number of thioether (sulfide) groups is 1. The van der Waals surface area contributed by atoms with Gasteiger partial charge in [-0.05, 0) is 37.1 Å². The molecule has 3 nitrogen and oxygen atoms in total. The van der Waals surface area contributed by atoms with Gasteiger partial charge >= 0.3 is 0 Å². The number of nitrogens with one attached hydrogen (secondary N) is 2. The highest BCUT2D eigenvalue weighted by Crippen LogP contribution is 2.36. The van der Waals surface area contributed by atoms with Crippen LogP contribution in [0, 0.1) is 5.82 Å². The van der Waals surface area contributed by atoms with E-state index in [1.165, 1.54) is 17.8 Å². The molecule has 1 unspecified atom stereocenters. The van der Waals surface area contributed by atoms with Gasteiger partial charge < -0.3 is 10.6 Å². The molecule has 0 saturated carbocycles. The van der Waals surface area contributed by atoms with Gasteiger partial charge in [-0.25, -0.2) is 4.39 Å². The lowest BCUT2D eigenvalue weighted by Gasteiger charge is -2.26. The summed E-state index contributed by atoms with van der Waals surface area (Å²) in [6, 6.07) is 16.3. The lowest BCUT2D eigenvalue weighted by atomic mass is 10.1. The smallest absolute Gasteiger partial charge is 0.238 e. The minimum Gasteiger partial charge on any atom is -0.351 e. The van der Waals surface area contributed by atoms with Crippen molar-refractivity contribution in [2.45, 2.75) is 29.0 Å². The van der Waals surface area contributed by atoms with Crippen molar-refractivity contribution in [1.29, 1.82) is 0 Å². The zero-order valence-corrected chi connectivity index (χ0v) is 14.2. The first-order valence-electron chi connectivity index (χ1n) is 8.21. The fraction of sp³-hybridized carbons (Fsp3) is 0.316. The predicted molar refractivity (Wildman–Crippen MR) is 95.5 cm³/mol. The summed E-state index contributed by atoms with van der Waals surface area (Å²) in [6.45, 7) is 1.79. The van der Waals surface area contributed by atoms with Crippen molar-refractivity contribution in [3.63, 3.8) is 0 Å². The molecule has 0 radical (unpaired) electrons. The first-order chi connectivity index (χ1) is 11.7. The molecule has 1 fully saturated rings. The summed E-state index contributed by atoms with van der Waals surface area (Å²) in [5, 5.41) is 5.94. The number of hydrogen-bond acceptors (Lipinski definition) is 3. The minimum atomic E-state index is -0.468. The Hall–Kier alpha value is -1.85. The fourth-order valence-electron chi connectivity index (χ4n) is 2.82. The van der Waals surface area contributed by atoms with E-state index in [-0.39, 0.29) is 17.8 Å². The highest BCUT2D eigenvalue weighted by atomic mass is 32.2. The summed E-state index contributed by atoms with van der Waals surface area (Å²) in [6.07, 6.45) is 2.03. The Labute approximate surface area is 146 Å². The van der Waals surface area contributed by atoms with Crippen molar-refractivity contribution < 1.29 is 9.18 Å². The second kappa shape index (κ2) is 8.31. The SMILES string of the molecule is O=C(N[C@H]1CCCNC1)C(Sc1ccccc1F)c1ccccc1. The molecular formula is C19H21FN2OS. The zero-order chi connectivity index (χ0) is 16.8. The molecule has 2 aromatic carbocycles. The van der Waals surface area contributed by atoms with Crippen LogP contribution in [-0.2, 0) is 4.79 Å². The Balaban J connectivity index is 1.79. The van der Waals surface area contributed by atoms with Gasteiger partial charge in [-0.1, -0.05) is 42.5 Å². The van der Waals surface area contributed by atoms with Crippen LogP contribution in [0.4, 0.5) is 4.39 Å².